The van der Waals surface area contributed by atoms with Gasteiger partial charge in [0.05, 0.1) is 6.21 Å². The predicted octanol–water partition coefficient (Wildman–Crippen LogP) is 2.16. The summed E-state index contributed by atoms with van der Waals surface area (Å²) in [5, 5.41) is 8.55. The van der Waals surface area contributed by atoms with Gasteiger partial charge in [0.25, 0.3) is 5.78 Å². The Morgan fingerprint density at radius 2 is 2.09 bits per heavy atom. The highest BCUT2D eigenvalue weighted by Crippen LogP contribution is 2.12. The van der Waals surface area contributed by atoms with Crippen LogP contribution in [-0.4, -0.2) is 31.7 Å². The zero-order valence-corrected chi connectivity index (χ0v) is 13.2. The highest BCUT2D eigenvalue weighted by Gasteiger charge is 2.14. The Labute approximate surface area is 137 Å². The summed E-state index contributed by atoms with van der Waals surface area (Å²) in [4.78, 5) is 20.4. The van der Waals surface area contributed by atoms with Gasteiger partial charge in [-0.05, 0) is 26.0 Å². The number of aryl methyl sites for hydroxylation is 2. The van der Waals surface area contributed by atoms with Gasteiger partial charge in [0.15, 0.2) is 0 Å². The Morgan fingerprint density at radius 1 is 1.30 bits per heavy atom. The quantitative estimate of drug-likeness (QED) is 0.590. The Kier molecular flexibility index (Phi) is 4.03. The first kappa shape index (κ1) is 15.1. The van der Waals surface area contributed by atoms with Crippen LogP contribution in [0.4, 0.5) is 0 Å². The minimum atomic E-state index is -0.518. The zero-order chi connectivity index (χ0) is 16.4. The van der Waals surface area contributed by atoms with Crippen LogP contribution < -0.4 is 5.43 Å². The number of hydrogen-bond donors (Lipinski definition) is 1. The molecule has 0 spiro atoms. The number of nitrogens with one attached hydrogen (secondary N) is 1. The van der Waals surface area contributed by atoms with E-state index in [-0.39, 0.29) is 5.82 Å². The molecule has 116 valence electrons. The van der Waals surface area contributed by atoms with Gasteiger partial charge in [-0.3, -0.25) is 4.79 Å². The molecule has 0 atom stereocenters. The maximum atomic E-state index is 12.1. The van der Waals surface area contributed by atoms with Gasteiger partial charge < -0.3 is 0 Å². The average Bonchev–Trinajstić information content (AvgIpc) is 2.93. The van der Waals surface area contributed by atoms with Crippen molar-refractivity contribution in [2.24, 2.45) is 5.10 Å². The molecule has 2 heterocycles. The van der Waals surface area contributed by atoms with Gasteiger partial charge in [-0.2, -0.15) is 10.1 Å². The SMILES string of the molecule is Cc1cc(C)n2nc(C(=O)NN=Cc3ccccc3Cl)nc2n1. The van der Waals surface area contributed by atoms with Crippen LogP contribution in [0.1, 0.15) is 27.6 Å². The number of hydrogen-bond acceptors (Lipinski definition) is 5. The van der Waals surface area contributed by atoms with Crippen LogP contribution in [0.25, 0.3) is 5.78 Å². The third-order valence-corrected chi connectivity index (χ3v) is 3.44. The molecule has 0 bridgehead atoms. The highest BCUT2D eigenvalue weighted by molar-refractivity contribution is 6.33. The van der Waals surface area contributed by atoms with Crippen LogP contribution in [0.2, 0.25) is 5.02 Å². The number of nitrogens with zero attached hydrogens (tertiary/aromatic N) is 5. The minimum absolute atomic E-state index is 0.00232. The molecule has 0 fully saturated rings. The van der Waals surface area contributed by atoms with E-state index in [1.165, 1.54) is 10.7 Å². The van der Waals surface area contributed by atoms with Gasteiger partial charge in [0, 0.05) is 22.0 Å². The molecule has 1 aromatic carbocycles. The van der Waals surface area contributed by atoms with Crippen LogP contribution >= 0.6 is 11.6 Å². The fraction of sp³-hybridized carbons (Fsp3) is 0.133. The third kappa shape index (κ3) is 3.19. The van der Waals surface area contributed by atoms with Crippen molar-refractivity contribution in [1.29, 1.82) is 0 Å². The van der Waals surface area contributed by atoms with Crippen LogP contribution in [0.15, 0.2) is 35.4 Å². The lowest BCUT2D eigenvalue weighted by Gasteiger charge is -1.97. The van der Waals surface area contributed by atoms with Crippen LogP contribution in [0.5, 0.6) is 0 Å². The number of aromatic nitrogens is 4. The number of carbonyl (C=O) groups is 1. The third-order valence-electron chi connectivity index (χ3n) is 3.10. The molecule has 0 saturated carbocycles. The Morgan fingerprint density at radius 3 is 2.87 bits per heavy atom. The van der Waals surface area contributed by atoms with E-state index >= 15 is 0 Å². The molecule has 3 aromatic rings. The number of rotatable bonds is 3. The van der Waals surface area contributed by atoms with Crippen LogP contribution in [-0.2, 0) is 0 Å². The molecule has 2 aromatic heterocycles. The van der Waals surface area contributed by atoms with E-state index in [0.29, 0.717) is 16.4 Å². The zero-order valence-electron chi connectivity index (χ0n) is 12.5. The van der Waals surface area contributed by atoms with Crippen molar-refractivity contribution in [2.45, 2.75) is 13.8 Å². The fourth-order valence-corrected chi connectivity index (χ4v) is 2.24. The normalized spacial score (nSPS) is 11.3. The van der Waals surface area contributed by atoms with Gasteiger partial charge in [-0.1, -0.05) is 29.8 Å². The van der Waals surface area contributed by atoms with E-state index in [4.69, 9.17) is 11.6 Å². The lowest BCUT2D eigenvalue weighted by molar-refractivity contribution is 0.0945. The molecule has 0 saturated heterocycles. The topological polar surface area (TPSA) is 84.5 Å². The van der Waals surface area contributed by atoms with E-state index in [9.17, 15) is 4.79 Å². The lowest BCUT2D eigenvalue weighted by atomic mass is 10.2. The maximum absolute atomic E-state index is 12.1. The second-order valence-electron chi connectivity index (χ2n) is 4.91. The van der Waals surface area contributed by atoms with Gasteiger partial charge in [-0.15, -0.1) is 5.10 Å². The number of benzene rings is 1. The summed E-state index contributed by atoms with van der Waals surface area (Å²) in [6.45, 7) is 3.73. The van der Waals surface area contributed by atoms with Crippen molar-refractivity contribution >= 4 is 29.5 Å². The molecule has 3 rings (SSSR count). The molecule has 8 heteroatoms. The highest BCUT2D eigenvalue weighted by atomic mass is 35.5. The van der Waals surface area contributed by atoms with Crippen LogP contribution in [0.3, 0.4) is 0 Å². The van der Waals surface area contributed by atoms with Gasteiger partial charge in [0.1, 0.15) is 0 Å². The smallest absolute Gasteiger partial charge is 0.264 e. The molecule has 0 aliphatic heterocycles. The molecule has 0 unspecified atom stereocenters. The van der Waals surface area contributed by atoms with Crippen molar-refractivity contribution in [3.05, 3.63) is 58.1 Å². The number of fused-ring (bicyclic) bond motifs is 1. The van der Waals surface area contributed by atoms with Crippen molar-refractivity contribution in [2.75, 3.05) is 0 Å². The summed E-state index contributed by atoms with van der Waals surface area (Å²) in [5.74, 6) is -0.138. The first-order chi connectivity index (χ1) is 11.0. The summed E-state index contributed by atoms with van der Waals surface area (Å²) >= 11 is 6.00. The fourth-order valence-electron chi connectivity index (χ4n) is 2.05. The van der Waals surface area contributed by atoms with E-state index < -0.39 is 5.91 Å². The first-order valence-electron chi connectivity index (χ1n) is 6.83. The molecular formula is C15H13ClN6O. The Balaban J connectivity index is 1.79. The number of halogens is 1. The van der Waals surface area contributed by atoms with E-state index in [1.807, 2.05) is 32.0 Å². The van der Waals surface area contributed by atoms with Crippen LogP contribution in [0, 0.1) is 13.8 Å². The standard InChI is InChI=1S/C15H13ClN6O/c1-9-7-10(2)22-15(18-9)19-13(21-22)14(23)20-17-8-11-5-3-4-6-12(11)16/h3-8H,1-2H3,(H,20,23). The Hall–Kier alpha value is -2.80. The number of amides is 1. The molecule has 0 aliphatic carbocycles. The molecular weight excluding hydrogens is 316 g/mol. The molecule has 1 amide bonds. The second-order valence-corrected chi connectivity index (χ2v) is 5.31. The lowest BCUT2D eigenvalue weighted by Crippen LogP contribution is -2.19. The first-order valence-corrected chi connectivity index (χ1v) is 7.21. The summed E-state index contributed by atoms with van der Waals surface area (Å²) in [6.07, 6.45) is 1.46. The molecule has 0 radical (unpaired) electrons. The van der Waals surface area contributed by atoms with Gasteiger partial charge >= 0.3 is 5.91 Å². The molecule has 23 heavy (non-hydrogen) atoms. The van der Waals surface area contributed by atoms with Crippen molar-refractivity contribution in [1.82, 2.24) is 25.0 Å². The van der Waals surface area contributed by atoms with E-state index in [2.05, 4.69) is 25.6 Å². The average molecular weight is 329 g/mol. The summed E-state index contributed by atoms with van der Waals surface area (Å²) in [7, 11) is 0. The number of hydrazone groups is 1. The van der Waals surface area contributed by atoms with Crippen molar-refractivity contribution in [3.63, 3.8) is 0 Å². The second kappa shape index (κ2) is 6.13. The summed E-state index contributed by atoms with van der Waals surface area (Å²) in [5.41, 5.74) is 4.73. The van der Waals surface area contributed by atoms with Crippen molar-refractivity contribution in [3.8, 4) is 0 Å². The summed E-state index contributed by atoms with van der Waals surface area (Å²) in [6, 6.07) is 9.03. The molecule has 7 nitrogen and oxygen atoms in total. The van der Waals surface area contributed by atoms with Gasteiger partial charge in [0.2, 0.25) is 5.82 Å². The van der Waals surface area contributed by atoms with E-state index in [1.54, 1.807) is 12.1 Å². The molecule has 0 aliphatic rings. The van der Waals surface area contributed by atoms with Gasteiger partial charge in [-0.25, -0.2) is 14.9 Å². The predicted molar refractivity (Wildman–Crippen MR) is 86.8 cm³/mol. The minimum Gasteiger partial charge on any atom is -0.264 e. The number of carbonyl (C=O) groups excluding carboxylic acids is 1. The largest absolute Gasteiger partial charge is 0.311 e. The maximum Gasteiger partial charge on any atom is 0.311 e. The van der Waals surface area contributed by atoms with E-state index in [0.717, 1.165) is 11.4 Å². The van der Waals surface area contributed by atoms with Crippen molar-refractivity contribution < 1.29 is 4.79 Å². The summed E-state index contributed by atoms with van der Waals surface area (Å²) < 4.78 is 1.51. The monoisotopic (exact) mass is 328 g/mol. The molecule has 1 N–H and O–H groups in total. The Bertz CT molecular complexity index is 917.